The van der Waals surface area contributed by atoms with Gasteiger partial charge in [0.05, 0.1) is 10.5 Å². The molecule has 0 amide bonds. The molecule has 0 radical (unpaired) electrons. The molecule has 12 heteroatoms. The first kappa shape index (κ1) is 20.0. The Hall–Kier alpha value is -2.73. The van der Waals surface area contributed by atoms with Gasteiger partial charge in [0.15, 0.2) is 0 Å². The second-order valence-corrected chi connectivity index (χ2v) is 7.88. The zero-order valence-corrected chi connectivity index (χ0v) is 15.4. The average Bonchev–Trinajstić information content (AvgIpc) is 3.13. The van der Waals surface area contributed by atoms with Crippen LogP contribution < -0.4 is 9.46 Å². The molecule has 1 N–H and O–H groups in total. The highest BCUT2D eigenvalue weighted by molar-refractivity contribution is 7.93. The molecule has 0 aliphatic carbocycles. The minimum Gasteiger partial charge on any atom is -0.457 e. The maximum atomic E-state index is 12.9. The third kappa shape index (κ3) is 4.75. The van der Waals surface area contributed by atoms with Crippen molar-refractivity contribution < 1.29 is 30.7 Å². The number of hydrogen-bond acceptors (Lipinski definition) is 6. The average molecular weight is 433 g/mol. The van der Waals surface area contributed by atoms with Crippen molar-refractivity contribution in [3.63, 3.8) is 0 Å². The number of nitrogens with zero attached hydrogens (tertiary/aromatic N) is 2. The summed E-state index contributed by atoms with van der Waals surface area (Å²) in [5.41, 5.74) is -1.23. The van der Waals surface area contributed by atoms with Crippen LogP contribution in [0.2, 0.25) is 0 Å². The summed E-state index contributed by atoms with van der Waals surface area (Å²) in [6.45, 7) is -1.09. The standard InChI is InChI=1S/C16H11F4N3O3S2/c17-8-10-5-11(16(18,19)20)7-13(6-10)26-12-1-3-14(4-2-12)28(24,25)23-15-21-9-22-27-15/h1-7,9H,8H2,(H,21,22,23). The van der Waals surface area contributed by atoms with Crippen LogP contribution in [0.15, 0.2) is 53.7 Å². The molecule has 0 aliphatic heterocycles. The molecule has 0 spiro atoms. The molecule has 6 nitrogen and oxygen atoms in total. The van der Waals surface area contributed by atoms with Crippen LogP contribution in [0.3, 0.4) is 0 Å². The van der Waals surface area contributed by atoms with E-state index in [0.717, 1.165) is 23.7 Å². The Balaban J connectivity index is 1.81. The van der Waals surface area contributed by atoms with Gasteiger partial charge in [-0.15, -0.1) is 0 Å². The molecule has 0 unspecified atom stereocenters. The molecule has 0 atom stereocenters. The van der Waals surface area contributed by atoms with Crippen LogP contribution in [0, 0.1) is 0 Å². The Kier molecular flexibility index (Phi) is 5.52. The summed E-state index contributed by atoms with van der Waals surface area (Å²) >= 11 is 0.858. The number of benzene rings is 2. The summed E-state index contributed by atoms with van der Waals surface area (Å²) in [7, 11) is -3.91. The fraction of sp³-hybridized carbons (Fsp3) is 0.125. The van der Waals surface area contributed by atoms with Gasteiger partial charge in [-0.05, 0) is 48.0 Å². The smallest absolute Gasteiger partial charge is 0.416 e. The molecule has 1 heterocycles. The van der Waals surface area contributed by atoms with Crippen molar-refractivity contribution in [1.29, 1.82) is 0 Å². The number of nitrogens with one attached hydrogen (secondary N) is 1. The maximum Gasteiger partial charge on any atom is 0.416 e. The normalized spacial score (nSPS) is 12.0. The van der Waals surface area contributed by atoms with E-state index in [0.29, 0.717) is 6.07 Å². The third-order valence-corrected chi connectivity index (χ3v) is 5.46. The van der Waals surface area contributed by atoms with Gasteiger partial charge in [0.25, 0.3) is 10.0 Å². The predicted molar refractivity (Wildman–Crippen MR) is 93.5 cm³/mol. The topological polar surface area (TPSA) is 81.2 Å². The van der Waals surface area contributed by atoms with Crippen molar-refractivity contribution in [3.8, 4) is 11.5 Å². The van der Waals surface area contributed by atoms with Gasteiger partial charge in [0.2, 0.25) is 5.13 Å². The highest BCUT2D eigenvalue weighted by Gasteiger charge is 2.31. The molecule has 3 rings (SSSR count). The summed E-state index contributed by atoms with van der Waals surface area (Å²) in [5.74, 6) is -0.135. The van der Waals surface area contributed by atoms with Crippen LogP contribution in [0.4, 0.5) is 22.7 Å². The number of halogens is 4. The fourth-order valence-corrected chi connectivity index (χ4v) is 3.84. The molecule has 3 aromatic rings. The van der Waals surface area contributed by atoms with Crippen molar-refractivity contribution >= 4 is 26.7 Å². The molecule has 28 heavy (non-hydrogen) atoms. The Morgan fingerprint density at radius 1 is 1.07 bits per heavy atom. The Labute approximate surface area is 161 Å². The largest absolute Gasteiger partial charge is 0.457 e. The second-order valence-electron chi connectivity index (χ2n) is 5.42. The van der Waals surface area contributed by atoms with Crippen LogP contribution in [-0.4, -0.2) is 17.8 Å². The van der Waals surface area contributed by atoms with E-state index in [2.05, 4.69) is 14.1 Å². The van der Waals surface area contributed by atoms with E-state index in [4.69, 9.17) is 4.74 Å². The SMILES string of the molecule is O=S(=O)(Nc1ncns1)c1ccc(Oc2cc(CF)cc(C(F)(F)F)c2)cc1. The summed E-state index contributed by atoms with van der Waals surface area (Å²) < 4.78 is 87.2. The lowest BCUT2D eigenvalue weighted by atomic mass is 10.1. The number of aromatic nitrogens is 2. The summed E-state index contributed by atoms with van der Waals surface area (Å²) in [6, 6.07) is 7.53. The molecule has 1 aromatic heterocycles. The van der Waals surface area contributed by atoms with Crippen molar-refractivity contribution in [3.05, 3.63) is 59.9 Å². The molecule has 0 fully saturated rings. The van der Waals surface area contributed by atoms with Gasteiger partial charge in [-0.25, -0.2) is 17.8 Å². The maximum absolute atomic E-state index is 12.9. The van der Waals surface area contributed by atoms with Gasteiger partial charge in [-0.3, -0.25) is 4.72 Å². The molecule has 0 saturated carbocycles. The van der Waals surface area contributed by atoms with Crippen LogP contribution in [-0.2, 0) is 22.9 Å². The molecule has 0 aliphatic rings. The zero-order chi connectivity index (χ0) is 20.4. The molecule has 0 saturated heterocycles. The highest BCUT2D eigenvalue weighted by atomic mass is 32.2. The number of anilines is 1. The van der Waals surface area contributed by atoms with E-state index in [1.807, 2.05) is 0 Å². The van der Waals surface area contributed by atoms with Gasteiger partial charge in [-0.1, -0.05) is 0 Å². The summed E-state index contributed by atoms with van der Waals surface area (Å²) in [4.78, 5) is 3.61. The molecule has 0 bridgehead atoms. The van der Waals surface area contributed by atoms with E-state index < -0.39 is 28.4 Å². The minimum absolute atomic E-state index is 0.0824. The van der Waals surface area contributed by atoms with Crippen LogP contribution in [0.1, 0.15) is 11.1 Å². The Bertz CT molecular complexity index is 1050. The van der Waals surface area contributed by atoms with Crippen molar-refractivity contribution in [2.75, 3.05) is 4.72 Å². The quantitative estimate of drug-likeness (QED) is 0.574. The monoisotopic (exact) mass is 433 g/mol. The third-order valence-electron chi connectivity index (χ3n) is 3.40. The lowest BCUT2D eigenvalue weighted by Gasteiger charge is -2.12. The van der Waals surface area contributed by atoms with E-state index >= 15 is 0 Å². The number of ether oxygens (including phenoxy) is 1. The van der Waals surface area contributed by atoms with Gasteiger partial charge in [0, 0.05) is 11.5 Å². The van der Waals surface area contributed by atoms with E-state index in [-0.39, 0.29) is 27.1 Å². The predicted octanol–water partition coefficient (Wildman–Crippen LogP) is 4.62. The first-order valence-electron chi connectivity index (χ1n) is 7.52. The summed E-state index contributed by atoms with van der Waals surface area (Å²) in [5, 5.41) is 0.0862. The van der Waals surface area contributed by atoms with Crippen molar-refractivity contribution in [2.24, 2.45) is 0 Å². The van der Waals surface area contributed by atoms with Crippen LogP contribution in [0.25, 0.3) is 0 Å². The highest BCUT2D eigenvalue weighted by Crippen LogP contribution is 2.34. The first-order valence-corrected chi connectivity index (χ1v) is 9.77. The van der Waals surface area contributed by atoms with Crippen LogP contribution >= 0.6 is 11.5 Å². The first-order chi connectivity index (χ1) is 13.2. The number of hydrogen-bond donors (Lipinski definition) is 1. The molecular formula is C16H11F4N3O3S2. The molecule has 2 aromatic carbocycles. The zero-order valence-electron chi connectivity index (χ0n) is 13.8. The van der Waals surface area contributed by atoms with Gasteiger partial charge in [0.1, 0.15) is 24.5 Å². The number of sulfonamides is 1. The minimum atomic E-state index is -4.66. The second kappa shape index (κ2) is 7.72. The lowest BCUT2D eigenvalue weighted by Crippen LogP contribution is -2.12. The van der Waals surface area contributed by atoms with Gasteiger partial charge in [-0.2, -0.15) is 17.5 Å². The van der Waals surface area contributed by atoms with E-state index in [1.165, 1.54) is 30.6 Å². The molecular weight excluding hydrogens is 422 g/mol. The van der Waals surface area contributed by atoms with Crippen LogP contribution in [0.5, 0.6) is 11.5 Å². The van der Waals surface area contributed by atoms with Crippen molar-refractivity contribution in [1.82, 2.24) is 9.36 Å². The Morgan fingerprint density at radius 2 is 1.79 bits per heavy atom. The Morgan fingerprint density at radius 3 is 2.36 bits per heavy atom. The summed E-state index contributed by atoms with van der Waals surface area (Å²) in [6.07, 6.45) is -3.46. The lowest BCUT2D eigenvalue weighted by molar-refractivity contribution is -0.137. The number of rotatable bonds is 6. The number of alkyl halides is 4. The van der Waals surface area contributed by atoms with Gasteiger partial charge >= 0.3 is 6.18 Å². The van der Waals surface area contributed by atoms with E-state index in [9.17, 15) is 26.0 Å². The van der Waals surface area contributed by atoms with Crippen molar-refractivity contribution in [2.45, 2.75) is 17.7 Å². The molecule has 148 valence electrons. The fourth-order valence-electron chi connectivity index (χ4n) is 2.18. The van der Waals surface area contributed by atoms with Gasteiger partial charge < -0.3 is 4.74 Å². The van der Waals surface area contributed by atoms with E-state index in [1.54, 1.807) is 0 Å².